The van der Waals surface area contributed by atoms with Gasteiger partial charge in [-0.15, -0.1) is 0 Å². The first-order valence-corrected chi connectivity index (χ1v) is 6.70. The van der Waals surface area contributed by atoms with Crippen molar-refractivity contribution in [3.63, 3.8) is 0 Å². The minimum Gasteiger partial charge on any atom is -0.215 e. The summed E-state index contributed by atoms with van der Waals surface area (Å²) >= 11 is 3.36. The Kier molecular flexibility index (Phi) is 4.90. The summed E-state index contributed by atoms with van der Waals surface area (Å²) < 4.78 is 24.9. The Morgan fingerprint density at radius 3 is 2.15 bits per heavy atom. The maximum atomic E-state index is 11.5. The third kappa shape index (κ3) is 4.98. The lowest BCUT2D eigenvalue weighted by atomic mass is 10.3. The van der Waals surface area contributed by atoms with Crippen molar-refractivity contribution in [1.29, 1.82) is 0 Å². The van der Waals surface area contributed by atoms with Gasteiger partial charge in [0.15, 0.2) is 0 Å². The van der Waals surface area contributed by atoms with Crippen molar-refractivity contribution in [3.8, 4) is 0 Å². The first-order valence-electron chi connectivity index (χ1n) is 4.30. The zero-order valence-corrected chi connectivity index (χ0v) is 11.0. The smallest absolute Gasteiger partial charge is 0.215 e. The summed E-state index contributed by atoms with van der Waals surface area (Å²) in [5, 5.41) is 0. The van der Waals surface area contributed by atoms with E-state index in [9.17, 15) is 8.42 Å². The topological polar surface area (TPSA) is 46.2 Å². The molecule has 0 spiro atoms. The highest BCUT2D eigenvalue weighted by molar-refractivity contribution is 9.09. The largest absolute Gasteiger partial charge is 0.216 e. The Morgan fingerprint density at radius 2 is 1.85 bits per heavy atom. The molecule has 0 aliphatic carbocycles. The number of nitrogens with one attached hydrogen (secondary N) is 1. The molecule has 0 amide bonds. The van der Waals surface area contributed by atoms with E-state index in [1.807, 2.05) is 6.92 Å². The zero-order valence-electron chi connectivity index (χ0n) is 8.59. The maximum absolute atomic E-state index is 11.5. The van der Waals surface area contributed by atoms with Crippen LogP contribution in [0.5, 0.6) is 0 Å². The quantitative estimate of drug-likeness (QED) is 0.794. The zero-order chi connectivity index (χ0) is 10.7. The molecule has 1 unspecified atom stereocenters. The van der Waals surface area contributed by atoms with Gasteiger partial charge in [0.2, 0.25) is 10.0 Å². The van der Waals surface area contributed by atoms with E-state index in [1.165, 1.54) is 0 Å². The predicted octanol–water partition coefficient (Wildman–Crippen LogP) is 1.88. The van der Waals surface area contributed by atoms with Crippen molar-refractivity contribution in [2.45, 2.75) is 43.7 Å². The molecule has 0 fully saturated rings. The summed E-state index contributed by atoms with van der Waals surface area (Å²) in [5.41, 5.74) is 0. The van der Waals surface area contributed by atoms with Crippen LogP contribution >= 0.6 is 15.9 Å². The van der Waals surface area contributed by atoms with Gasteiger partial charge >= 0.3 is 0 Å². The third-order valence-corrected chi connectivity index (χ3v) is 4.29. The SMILES string of the molecule is CC(Br)CCNS(=O)(=O)C(C)(C)C. The average Bonchev–Trinajstić information content (AvgIpc) is 1.82. The molecule has 3 nitrogen and oxygen atoms in total. The lowest BCUT2D eigenvalue weighted by Crippen LogP contribution is -2.40. The van der Waals surface area contributed by atoms with Crippen LogP contribution in [0, 0.1) is 0 Å². The van der Waals surface area contributed by atoms with E-state index in [4.69, 9.17) is 0 Å². The summed E-state index contributed by atoms with van der Waals surface area (Å²) in [6.45, 7) is 7.55. The van der Waals surface area contributed by atoms with Gasteiger partial charge in [-0.1, -0.05) is 22.9 Å². The Hall–Kier alpha value is 0.390. The van der Waals surface area contributed by atoms with E-state index < -0.39 is 14.8 Å². The highest BCUT2D eigenvalue weighted by Gasteiger charge is 2.28. The van der Waals surface area contributed by atoms with Crippen molar-refractivity contribution in [1.82, 2.24) is 4.72 Å². The first-order chi connectivity index (χ1) is 5.67. The van der Waals surface area contributed by atoms with Crippen molar-refractivity contribution >= 4 is 26.0 Å². The highest BCUT2D eigenvalue weighted by atomic mass is 79.9. The summed E-state index contributed by atoms with van der Waals surface area (Å²) in [6, 6.07) is 0. The molecule has 1 atom stereocenters. The van der Waals surface area contributed by atoms with Gasteiger partial charge in [-0.2, -0.15) is 0 Å². The molecule has 0 radical (unpaired) electrons. The van der Waals surface area contributed by atoms with Crippen LogP contribution in [0.4, 0.5) is 0 Å². The summed E-state index contributed by atoms with van der Waals surface area (Å²) in [7, 11) is -3.16. The van der Waals surface area contributed by atoms with Crippen molar-refractivity contribution in [3.05, 3.63) is 0 Å². The van der Waals surface area contributed by atoms with Crippen LogP contribution in [-0.4, -0.2) is 24.5 Å². The van der Waals surface area contributed by atoms with E-state index in [1.54, 1.807) is 20.8 Å². The number of alkyl halides is 1. The van der Waals surface area contributed by atoms with Gasteiger partial charge in [-0.25, -0.2) is 13.1 Å². The number of halogens is 1. The molecule has 0 bridgehead atoms. The van der Waals surface area contributed by atoms with Crippen LogP contribution in [0.15, 0.2) is 0 Å². The molecule has 0 aromatic rings. The van der Waals surface area contributed by atoms with Gasteiger partial charge < -0.3 is 0 Å². The summed E-state index contributed by atoms with van der Waals surface area (Å²) in [5.74, 6) is 0. The van der Waals surface area contributed by atoms with Gasteiger partial charge in [0.25, 0.3) is 0 Å². The van der Waals surface area contributed by atoms with Crippen LogP contribution < -0.4 is 4.72 Å². The van der Waals surface area contributed by atoms with Crippen molar-refractivity contribution in [2.24, 2.45) is 0 Å². The van der Waals surface area contributed by atoms with E-state index >= 15 is 0 Å². The molecule has 13 heavy (non-hydrogen) atoms. The Bertz CT molecular complexity index is 241. The molecule has 0 aromatic carbocycles. The summed E-state index contributed by atoms with van der Waals surface area (Å²) in [4.78, 5) is 0.343. The van der Waals surface area contributed by atoms with Gasteiger partial charge in [0, 0.05) is 11.4 Å². The van der Waals surface area contributed by atoms with Crippen LogP contribution in [0.3, 0.4) is 0 Å². The number of hydrogen-bond donors (Lipinski definition) is 1. The van der Waals surface area contributed by atoms with E-state index in [-0.39, 0.29) is 0 Å². The molecule has 0 aliphatic rings. The highest BCUT2D eigenvalue weighted by Crippen LogP contribution is 2.13. The minimum atomic E-state index is -3.16. The van der Waals surface area contributed by atoms with Gasteiger partial charge in [-0.05, 0) is 27.2 Å². The fourth-order valence-electron chi connectivity index (χ4n) is 0.609. The average molecular weight is 272 g/mol. The molecule has 0 saturated carbocycles. The standard InChI is InChI=1S/C8H18BrNO2S/c1-7(9)5-6-10-13(11,12)8(2,3)4/h7,10H,5-6H2,1-4H3. The molecule has 5 heteroatoms. The first kappa shape index (κ1) is 13.4. The third-order valence-electron chi connectivity index (χ3n) is 1.64. The molecule has 0 aromatic heterocycles. The fourth-order valence-corrected chi connectivity index (χ4v) is 1.66. The van der Waals surface area contributed by atoms with Crippen molar-refractivity contribution < 1.29 is 8.42 Å². The number of rotatable bonds is 4. The lowest BCUT2D eigenvalue weighted by Gasteiger charge is -2.19. The minimum absolute atomic E-state index is 0.343. The van der Waals surface area contributed by atoms with E-state index in [2.05, 4.69) is 20.7 Å². The van der Waals surface area contributed by atoms with Gasteiger partial charge in [-0.3, -0.25) is 0 Å². The molecule has 1 N–H and O–H groups in total. The maximum Gasteiger partial charge on any atom is 0.216 e. The Morgan fingerprint density at radius 1 is 1.38 bits per heavy atom. The van der Waals surface area contributed by atoms with Crippen LogP contribution in [-0.2, 0) is 10.0 Å². The lowest BCUT2D eigenvalue weighted by molar-refractivity contribution is 0.543. The Balaban J connectivity index is 4.07. The monoisotopic (exact) mass is 271 g/mol. The molecule has 0 aliphatic heterocycles. The second-order valence-corrected chi connectivity index (χ2v) is 8.16. The normalized spacial score (nSPS) is 15.8. The molecule has 0 heterocycles. The predicted molar refractivity (Wildman–Crippen MR) is 59.7 cm³/mol. The second kappa shape index (κ2) is 4.75. The van der Waals surface area contributed by atoms with Crippen molar-refractivity contribution in [2.75, 3.05) is 6.54 Å². The molecule has 80 valence electrons. The van der Waals surface area contributed by atoms with Crippen LogP contribution in [0.25, 0.3) is 0 Å². The van der Waals surface area contributed by atoms with Crippen LogP contribution in [0.1, 0.15) is 34.1 Å². The molecular weight excluding hydrogens is 254 g/mol. The molecule has 0 rings (SSSR count). The number of hydrogen-bond acceptors (Lipinski definition) is 2. The molecule has 0 saturated heterocycles. The van der Waals surface area contributed by atoms with Crippen LogP contribution in [0.2, 0.25) is 0 Å². The van der Waals surface area contributed by atoms with E-state index in [0.717, 1.165) is 6.42 Å². The van der Waals surface area contributed by atoms with Gasteiger partial charge in [0.05, 0.1) is 4.75 Å². The summed E-state index contributed by atoms with van der Waals surface area (Å²) in [6.07, 6.45) is 0.801. The Labute approximate surface area is 89.5 Å². The van der Waals surface area contributed by atoms with Gasteiger partial charge in [0.1, 0.15) is 0 Å². The second-order valence-electron chi connectivity index (χ2n) is 4.08. The number of sulfonamides is 1. The fraction of sp³-hybridized carbons (Fsp3) is 1.00. The molecular formula is C8H18BrNO2S. The van der Waals surface area contributed by atoms with E-state index in [0.29, 0.717) is 11.4 Å².